The molecule has 0 radical (unpaired) electrons. The molecule has 19 heavy (non-hydrogen) atoms. The highest BCUT2D eigenvalue weighted by molar-refractivity contribution is 5.86. The minimum absolute atomic E-state index is 0.00815. The van der Waals surface area contributed by atoms with Gasteiger partial charge in [0.2, 0.25) is 0 Å². The molecule has 3 N–H and O–H groups in total. The van der Waals surface area contributed by atoms with Crippen LogP contribution < -0.4 is 10.6 Å². The van der Waals surface area contributed by atoms with Crippen LogP contribution in [0.15, 0.2) is 4.42 Å². The van der Waals surface area contributed by atoms with Gasteiger partial charge < -0.3 is 24.9 Å². The molecular formula is C12H19N3O4. The van der Waals surface area contributed by atoms with E-state index < -0.39 is 5.97 Å². The van der Waals surface area contributed by atoms with E-state index in [-0.39, 0.29) is 17.8 Å². The maximum atomic E-state index is 11.0. The molecule has 1 aliphatic heterocycles. The molecule has 2 atom stereocenters. The molecule has 2 heterocycles. The Morgan fingerprint density at radius 1 is 1.68 bits per heavy atom. The highest BCUT2D eigenvalue weighted by atomic mass is 16.5. The van der Waals surface area contributed by atoms with E-state index in [0.29, 0.717) is 31.5 Å². The minimum Gasteiger partial charge on any atom is -0.476 e. The van der Waals surface area contributed by atoms with Crippen LogP contribution >= 0.6 is 0 Å². The van der Waals surface area contributed by atoms with Gasteiger partial charge in [0.15, 0.2) is 5.69 Å². The minimum atomic E-state index is -1.08. The Bertz CT molecular complexity index is 460. The number of aryl methyl sites for hydroxylation is 1. The van der Waals surface area contributed by atoms with Crippen LogP contribution in [-0.4, -0.2) is 47.9 Å². The third-order valence-electron chi connectivity index (χ3n) is 3.25. The standard InChI is InChI=1S/C12H19N3O4/c1-3-18-9-6-15(5-4-8(9)13)12-14-10(11(16)17)7(2)19-12/h8-9H,3-6,13H2,1-2H3,(H,16,17). The molecule has 7 heteroatoms. The molecule has 2 unspecified atom stereocenters. The normalized spacial score (nSPS) is 23.6. The number of aromatic carboxylic acids is 1. The number of piperidine rings is 1. The average molecular weight is 269 g/mol. The number of rotatable bonds is 4. The summed E-state index contributed by atoms with van der Waals surface area (Å²) in [6, 6.07) is 0.317. The number of aromatic nitrogens is 1. The molecular weight excluding hydrogens is 250 g/mol. The molecule has 0 aromatic carbocycles. The molecule has 106 valence electrons. The number of carboxylic acids is 1. The zero-order valence-corrected chi connectivity index (χ0v) is 11.1. The predicted molar refractivity (Wildman–Crippen MR) is 68.4 cm³/mol. The Morgan fingerprint density at radius 2 is 2.42 bits per heavy atom. The number of ether oxygens (including phenoxy) is 1. The number of carboxylic acid groups (broad SMARTS) is 1. The van der Waals surface area contributed by atoms with Crippen molar-refractivity contribution in [3.05, 3.63) is 11.5 Å². The molecule has 1 fully saturated rings. The fraction of sp³-hybridized carbons (Fsp3) is 0.667. The summed E-state index contributed by atoms with van der Waals surface area (Å²) in [6.07, 6.45) is 0.674. The lowest BCUT2D eigenvalue weighted by Crippen LogP contribution is -2.52. The highest BCUT2D eigenvalue weighted by Gasteiger charge is 2.30. The van der Waals surface area contributed by atoms with Gasteiger partial charge >= 0.3 is 5.97 Å². The van der Waals surface area contributed by atoms with Crippen molar-refractivity contribution in [3.8, 4) is 0 Å². The molecule has 1 aromatic heterocycles. The van der Waals surface area contributed by atoms with Gasteiger partial charge in [-0.2, -0.15) is 4.98 Å². The van der Waals surface area contributed by atoms with E-state index in [9.17, 15) is 4.79 Å². The largest absolute Gasteiger partial charge is 0.476 e. The maximum absolute atomic E-state index is 11.0. The topological polar surface area (TPSA) is 102 Å². The summed E-state index contributed by atoms with van der Waals surface area (Å²) in [5.41, 5.74) is 5.95. The first-order valence-electron chi connectivity index (χ1n) is 6.35. The Labute approximate surface area is 111 Å². The first-order valence-corrected chi connectivity index (χ1v) is 6.35. The molecule has 0 bridgehead atoms. The number of nitrogens with two attached hydrogens (primary N) is 1. The molecule has 0 spiro atoms. The fourth-order valence-corrected chi connectivity index (χ4v) is 2.21. The van der Waals surface area contributed by atoms with E-state index >= 15 is 0 Å². The number of oxazole rings is 1. The lowest BCUT2D eigenvalue weighted by molar-refractivity contribution is 0.0379. The molecule has 1 aromatic rings. The quantitative estimate of drug-likeness (QED) is 0.826. The first kappa shape index (κ1) is 13.8. The van der Waals surface area contributed by atoms with Crippen LogP contribution in [0.5, 0.6) is 0 Å². The monoisotopic (exact) mass is 269 g/mol. The van der Waals surface area contributed by atoms with Crippen LogP contribution in [0.3, 0.4) is 0 Å². The molecule has 7 nitrogen and oxygen atoms in total. The van der Waals surface area contributed by atoms with Gasteiger partial charge in [0.1, 0.15) is 5.76 Å². The number of anilines is 1. The van der Waals surface area contributed by atoms with E-state index in [1.807, 2.05) is 11.8 Å². The van der Waals surface area contributed by atoms with Gasteiger partial charge in [-0.1, -0.05) is 0 Å². The van der Waals surface area contributed by atoms with Gasteiger partial charge in [0.25, 0.3) is 6.01 Å². The Balaban J connectivity index is 2.13. The molecule has 0 saturated carbocycles. The zero-order valence-electron chi connectivity index (χ0n) is 11.1. The van der Waals surface area contributed by atoms with Crippen LogP contribution in [0.2, 0.25) is 0 Å². The summed E-state index contributed by atoms with van der Waals surface area (Å²) in [5.74, 6) is -0.770. The summed E-state index contributed by atoms with van der Waals surface area (Å²) < 4.78 is 11.0. The second kappa shape index (κ2) is 5.58. The Morgan fingerprint density at radius 3 is 3.00 bits per heavy atom. The summed E-state index contributed by atoms with van der Waals surface area (Å²) in [7, 11) is 0. The van der Waals surface area contributed by atoms with Crippen molar-refractivity contribution in [2.75, 3.05) is 24.6 Å². The fourth-order valence-electron chi connectivity index (χ4n) is 2.21. The number of carbonyl (C=O) groups is 1. The van der Waals surface area contributed by atoms with Crippen molar-refractivity contribution in [2.24, 2.45) is 5.73 Å². The van der Waals surface area contributed by atoms with Gasteiger partial charge in [-0.3, -0.25) is 0 Å². The van der Waals surface area contributed by atoms with Gasteiger partial charge in [-0.25, -0.2) is 4.79 Å². The van der Waals surface area contributed by atoms with Gasteiger partial charge in [-0.05, 0) is 20.3 Å². The van der Waals surface area contributed by atoms with Crippen LogP contribution in [0.4, 0.5) is 6.01 Å². The number of hydrogen-bond donors (Lipinski definition) is 2. The van der Waals surface area contributed by atoms with E-state index in [2.05, 4.69) is 4.98 Å². The lowest BCUT2D eigenvalue weighted by Gasteiger charge is -2.35. The zero-order chi connectivity index (χ0) is 14.0. The van der Waals surface area contributed by atoms with E-state index in [1.165, 1.54) is 0 Å². The third kappa shape index (κ3) is 2.87. The van der Waals surface area contributed by atoms with Crippen LogP contribution in [0, 0.1) is 6.92 Å². The Hall–Kier alpha value is -1.60. The number of hydrogen-bond acceptors (Lipinski definition) is 6. The van der Waals surface area contributed by atoms with E-state index in [1.54, 1.807) is 6.92 Å². The second-order valence-electron chi connectivity index (χ2n) is 4.60. The molecule has 1 saturated heterocycles. The third-order valence-corrected chi connectivity index (χ3v) is 3.25. The predicted octanol–water partition coefficient (Wildman–Crippen LogP) is 0.624. The smallest absolute Gasteiger partial charge is 0.358 e. The summed E-state index contributed by atoms with van der Waals surface area (Å²) in [4.78, 5) is 16.8. The molecule has 0 aliphatic carbocycles. The van der Waals surface area contributed by atoms with E-state index in [4.69, 9.17) is 20.0 Å². The van der Waals surface area contributed by atoms with Crippen molar-refractivity contribution in [3.63, 3.8) is 0 Å². The van der Waals surface area contributed by atoms with E-state index in [0.717, 1.165) is 6.42 Å². The van der Waals surface area contributed by atoms with Crippen molar-refractivity contribution < 1.29 is 19.1 Å². The summed E-state index contributed by atoms with van der Waals surface area (Å²) >= 11 is 0. The van der Waals surface area contributed by atoms with Gasteiger partial charge in [0, 0.05) is 19.2 Å². The summed E-state index contributed by atoms with van der Waals surface area (Å²) in [5, 5.41) is 8.97. The summed E-state index contributed by atoms with van der Waals surface area (Å²) in [6.45, 7) is 5.36. The van der Waals surface area contributed by atoms with Crippen LogP contribution in [0.1, 0.15) is 29.6 Å². The number of nitrogens with zero attached hydrogens (tertiary/aromatic N) is 2. The maximum Gasteiger partial charge on any atom is 0.358 e. The van der Waals surface area contributed by atoms with Gasteiger partial charge in [0.05, 0.1) is 12.6 Å². The molecule has 1 aliphatic rings. The van der Waals surface area contributed by atoms with Crippen LogP contribution in [-0.2, 0) is 4.74 Å². The SMILES string of the molecule is CCOC1CN(c2nc(C(=O)O)c(C)o2)CCC1N. The Kier molecular flexibility index (Phi) is 4.06. The lowest BCUT2D eigenvalue weighted by atomic mass is 10.0. The average Bonchev–Trinajstić information content (AvgIpc) is 2.74. The second-order valence-corrected chi connectivity index (χ2v) is 4.60. The molecule has 0 amide bonds. The first-order chi connectivity index (χ1) is 9.02. The van der Waals surface area contributed by atoms with Gasteiger partial charge in [-0.15, -0.1) is 0 Å². The van der Waals surface area contributed by atoms with Crippen molar-refractivity contribution >= 4 is 12.0 Å². The van der Waals surface area contributed by atoms with Crippen molar-refractivity contribution in [1.82, 2.24) is 4.98 Å². The highest BCUT2D eigenvalue weighted by Crippen LogP contribution is 2.23. The van der Waals surface area contributed by atoms with Crippen molar-refractivity contribution in [1.29, 1.82) is 0 Å². The molecule has 2 rings (SSSR count). The van der Waals surface area contributed by atoms with Crippen molar-refractivity contribution in [2.45, 2.75) is 32.4 Å². The van der Waals surface area contributed by atoms with Crippen LogP contribution in [0.25, 0.3) is 0 Å².